The van der Waals surface area contributed by atoms with E-state index in [0.29, 0.717) is 6.54 Å². The number of nitrogens with one attached hydrogen (secondary N) is 2. The first kappa shape index (κ1) is 20.9. The highest BCUT2D eigenvalue weighted by Gasteiger charge is 2.04. The lowest BCUT2D eigenvalue weighted by Crippen LogP contribution is -2.36. The number of halogens is 1. The van der Waals surface area contributed by atoms with E-state index in [1.165, 1.54) is 11.1 Å². The Labute approximate surface area is 164 Å². The van der Waals surface area contributed by atoms with Crippen molar-refractivity contribution in [1.82, 2.24) is 10.6 Å². The van der Waals surface area contributed by atoms with Gasteiger partial charge in [0.1, 0.15) is 0 Å². The quantitative estimate of drug-likeness (QED) is 0.380. The summed E-state index contributed by atoms with van der Waals surface area (Å²) in [5.74, 6) is 0.809. The van der Waals surface area contributed by atoms with Crippen LogP contribution >= 0.6 is 35.3 Å². The maximum absolute atomic E-state index is 11.3. The van der Waals surface area contributed by atoms with Crippen molar-refractivity contribution in [3.63, 3.8) is 0 Å². The second-order valence-electron chi connectivity index (χ2n) is 5.25. The molecule has 0 aliphatic heterocycles. The van der Waals surface area contributed by atoms with E-state index in [-0.39, 0.29) is 29.7 Å². The van der Waals surface area contributed by atoms with Gasteiger partial charge in [-0.05, 0) is 22.6 Å². The molecule has 2 aromatic rings. The summed E-state index contributed by atoms with van der Waals surface area (Å²) in [4.78, 5) is 5.44. The molecular formula is C16H22IN3O2S2. The lowest BCUT2D eigenvalue weighted by atomic mass is 10.1. The first-order chi connectivity index (χ1) is 11.0. The summed E-state index contributed by atoms with van der Waals surface area (Å²) in [5, 5.41) is 8.54. The normalized spacial score (nSPS) is 11.7. The first-order valence-corrected chi connectivity index (χ1v) is 10.1. The number of hydrogen-bond donors (Lipinski definition) is 2. The lowest BCUT2D eigenvalue weighted by molar-refractivity contribution is 0.601. The molecule has 1 aromatic carbocycles. The smallest absolute Gasteiger partial charge is 0.191 e. The van der Waals surface area contributed by atoms with E-state index in [9.17, 15) is 8.42 Å². The summed E-state index contributed by atoms with van der Waals surface area (Å²) in [6.45, 7) is 1.37. The molecule has 24 heavy (non-hydrogen) atoms. The average Bonchev–Trinajstić information content (AvgIpc) is 3.01. The fourth-order valence-electron chi connectivity index (χ4n) is 2.05. The van der Waals surface area contributed by atoms with Crippen LogP contribution in [0.1, 0.15) is 16.0 Å². The molecule has 0 radical (unpaired) electrons. The van der Waals surface area contributed by atoms with Gasteiger partial charge < -0.3 is 10.6 Å². The molecule has 0 atom stereocenters. The van der Waals surface area contributed by atoms with Crippen LogP contribution in [0.4, 0.5) is 0 Å². The number of rotatable bonds is 6. The number of benzene rings is 1. The van der Waals surface area contributed by atoms with E-state index in [0.717, 1.165) is 23.6 Å². The third kappa shape index (κ3) is 7.63. The maximum atomic E-state index is 11.3. The van der Waals surface area contributed by atoms with E-state index in [4.69, 9.17) is 0 Å². The topological polar surface area (TPSA) is 70.6 Å². The standard InChI is InChI=1S/C16H21N3O2S2.HI/c1-17-16(19-11-15-4-3-9-22-15)18-10-13-5-7-14(8-6-13)12-23(2,20)21;/h3-9H,10-12H2,1-2H3,(H2,17,18,19);1H. The Kier molecular flexibility index (Phi) is 8.71. The summed E-state index contributed by atoms with van der Waals surface area (Å²) >= 11 is 1.70. The molecule has 1 heterocycles. The van der Waals surface area contributed by atoms with Gasteiger partial charge in [0.05, 0.1) is 12.3 Å². The Bertz CT molecular complexity index is 742. The van der Waals surface area contributed by atoms with Gasteiger partial charge in [0.2, 0.25) is 0 Å². The van der Waals surface area contributed by atoms with Crippen molar-refractivity contribution in [2.75, 3.05) is 13.3 Å². The summed E-state index contributed by atoms with van der Waals surface area (Å²) < 4.78 is 22.5. The molecule has 8 heteroatoms. The number of guanidine groups is 1. The SMILES string of the molecule is CN=C(NCc1ccc(CS(C)(=O)=O)cc1)NCc1cccs1.I. The van der Waals surface area contributed by atoms with Crippen LogP contribution in [0.3, 0.4) is 0 Å². The van der Waals surface area contributed by atoms with Crippen molar-refractivity contribution in [1.29, 1.82) is 0 Å². The van der Waals surface area contributed by atoms with Crippen LogP contribution in [0.2, 0.25) is 0 Å². The fraction of sp³-hybridized carbons (Fsp3) is 0.312. The van der Waals surface area contributed by atoms with Crippen molar-refractivity contribution in [3.8, 4) is 0 Å². The van der Waals surface area contributed by atoms with E-state index >= 15 is 0 Å². The zero-order chi connectivity index (χ0) is 16.7. The molecule has 0 unspecified atom stereocenters. The molecule has 0 saturated heterocycles. The van der Waals surface area contributed by atoms with Crippen molar-refractivity contribution < 1.29 is 8.42 Å². The van der Waals surface area contributed by atoms with E-state index in [1.54, 1.807) is 18.4 Å². The Hall–Kier alpha value is -1.13. The minimum Gasteiger partial charge on any atom is -0.352 e. The fourth-order valence-corrected chi connectivity index (χ4v) is 3.49. The molecule has 2 N–H and O–H groups in total. The van der Waals surface area contributed by atoms with Gasteiger partial charge in [0, 0.05) is 24.7 Å². The second-order valence-corrected chi connectivity index (χ2v) is 8.42. The molecule has 0 aliphatic rings. The van der Waals surface area contributed by atoms with Crippen LogP contribution in [-0.2, 0) is 28.7 Å². The molecule has 2 rings (SSSR count). The van der Waals surface area contributed by atoms with Crippen LogP contribution in [0.15, 0.2) is 46.8 Å². The van der Waals surface area contributed by atoms with Crippen molar-refractivity contribution in [2.24, 2.45) is 4.99 Å². The Morgan fingerprint density at radius 1 is 1.08 bits per heavy atom. The second kappa shape index (κ2) is 10.00. The first-order valence-electron chi connectivity index (χ1n) is 7.19. The molecule has 0 spiro atoms. The third-order valence-corrected chi connectivity index (χ3v) is 4.88. The summed E-state index contributed by atoms with van der Waals surface area (Å²) in [7, 11) is -1.26. The highest BCUT2D eigenvalue weighted by Crippen LogP contribution is 2.08. The Balaban J connectivity index is 0.00000288. The number of aliphatic imine (C=N–C) groups is 1. The Morgan fingerprint density at radius 2 is 1.71 bits per heavy atom. The number of nitrogens with zero attached hydrogens (tertiary/aromatic N) is 1. The van der Waals surface area contributed by atoms with Crippen molar-refractivity contribution in [2.45, 2.75) is 18.8 Å². The van der Waals surface area contributed by atoms with Crippen molar-refractivity contribution >= 4 is 51.1 Å². The van der Waals surface area contributed by atoms with E-state index < -0.39 is 9.84 Å². The minimum atomic E-state index is -2.99. The lowest BCUT2D eigenvalue weighted by Gasteiger charge is -2.11. The van der Waals surface area contributed by atoms with Crippen molar-refractivity contribution in [3.05, 3.63) is 57.8 Å². The Morgan fingerprint density at radius 3 is 2.25 bits per heavy atom. The van der Waals surface area contributed by atoms with Gasteiger partial charge in [-0.2, -0.15) is 0 Å². The van der Waals surface area contributed by atoms with Crippen LogP contribution < -0.4 is 10.6 Å². The predicted octanol–water partition coefficient (Wildman–Crippen LogP) is 2.78. The molecule has 0 aliphatic carbocycles. The van der Waals surface area contributed by atoms with Gasteiger partial charge in [-0.1, -0.05) is 30.3 Å². The van der Waals surface area contributed by atoms with Crippen LogP contribution in [0, 0.1) is 0 Å². The maximum Gasteiger partial charge on any atom is 0.191 e. The van der Waals surface area contributed by atoms with Crippen LogP contribution in [0.25, 0.3) is 0 Å². The summed E-state index contributed by atoms with van der Waals surface area (Å²) in [6, 6.07) is 11.7. The number of sulfone groups is 1. The highest BCUT2D eigenvalue weighted by molar-refractivity contribution is 14.0. The monoisotopic (exact) mass is 479 g/mol. The molecule has 0 saturated carbocycles. The number of thiophene rings is 1. The van der Waals surface area contributed by atoms with Gasteiger partial charge in [0.15, 0.2) is 15.8 Å². The van der Waals surface area contributed by atoms with Crippen LogP contribution in [-0.4, -0.2) is 27.7 Å². The highest BCUT2D eigenvalue weighted by atomic mass is 127. The zero-order valence-electron chi connectivity index (χ0n) is 13.7. The molecular weight excluding hydrogens is 457 g/mol. The summed E-state index contributed by atoms with van der Waals surface area (Å²) in [5.41, 5.74) is 1.87. The van der Waals surface area contributed by atoms with E-state index in [1.807, 2.05) is 35.7 Å². The predicted molar refractivity (Wildman–Crippen MR) is 112 cm³/mol. The molecule has 5 nitrogen and oxygen atoms in total. The summed E-state index contributed by atoms with van der Waals surface area (Å²) in [6.07, 6.45) is 1.24. The molecule has 0 amide bonds. The van der Waals surface area contributed by atoms with Gasteiger partial charge >= 0.3 is 0 Å². The molecule has 0 bridgehead atoms. The van der Waals surface area contributed by atoms with E-state index in [2.05, 4.69) is 21.7 Å². The van der Waals surface area contributed by atoms with Gasteiger partial charge in [-0.3, -0.25) is 4.99 Å². The van der Waals surface area contributed by atoms with Gasteiger partial charge in [0.25, 0.3) is 0 Å². The zero-order valence-corrected chi connectivity index (χ0v) is 17.6. The third-order valence-electron chi connectivity index (χ3n) is 3.15. The van der Waals surface area contributed by atoms with Gasteiger partial charge in [-0.25, -0.2) is 8.42 Å². The van der Waals surface area contributed by atoms with Crippen LogP contribution in [0.5, 0.6) is 0 Å². The minimum absolute atomic E-state index is 0. The largest absolute Gasteiger partial charge is 0.352 e. The number of hydrogen-bond acceptors (Lipinski definition) is 4. The molecule has 132 valence electrons. The molecule has 1 aromatic heterocycles. The van der Waals surface area contributed by atoms with Gasteiger partial charge in [-0.15, -0.1) is 35.3 Å². The average molecular weight is 479 g/mol. The molecule has 0 fully saturated rings.